The van der Waals surface area contributed by atoms with Gasteiger partial charge in [-0.2, -0.15) is 10.0 Å². The Morgan fingerprint density at radius 1 is 1.11 bits per heavy atom. The number of rotatable bonds is 4. The van der Waals surface area contributed by atoms with Crippen molar-refractivity contribution in [2.24, 2.45) is 0 Å². The summed E-state index contributed by atoms with van der Waals surface area (Å²) in [5.41, 5.74) is -0.0140. The summed E-state index contributed by atoms with van der Waals surface area (Å²) < 4.78 is 0. The summed E-state index contributed by atoms with van der Waals surface area (Å²) in [6, 6.07) is 0. The molecule has 2 rings (SSSR count). The number of hydrogen-bond donors (Lipinski definition) is 1. The SMILES string of the molecule is O=C(O)CCC1=CC(=O)N(N2C(=O)CCC2=O)C1=O. The summed E-state index contributed by atoms with van der Waals surface area (Å²) in [5.74, 6) is -3.93. The molecule has 100 valence electrons. The molecule has 2 aliphatic heterocycles. The van der Waals surface area contributed by atoms with Gasteiger partial charge in [0.1, 0.15) is 0 Å². The number of hydrogen-bond acceptors (Lipinski definition) is 5. The second kappa shape index (κ2) is 4.63. The van der Waals surface area contributed by atoms with Crippen LogP contribution in [0.4, 0.5) is 0 Å². The Hall–Kier alpha value is -2.51. The van der Waals surface area contributed by atoms with Gasteiger partial charge in [-0.25, -0.2) is 0 Å². The van der Waals surface area contributed by atoms with Crippen molar-refractivity contribution in [3.63, 3.8) is 0 Å². The fraction of sp³-hybridized carbons (Fsp3) is 0.364. The zero-order chi connectivity index (χ0) is 14.2. The molecule has 4 amide bonds. The van der Waals surface area contributed by atoms with Gasteiger partial charge < -0.3 is 5.11 Å². The average Bonchev–Trinajstić information content (AvgIpc) is 2.79. The number of hydrazine groups is 1. The highest BCUT2D eigenvalue weighted by molar-refractivity contribution is 6.19. The van der Waals surface area contributed by atoms with Crippen molar-refractivity contribution in [3.8, 4) is 0 Å². The summed E-state index contributed by atoms with van der Waals surface area (Å²) in [6.45, 7) is 0. The van der Waals surface area contributed by atoms with Crippen molar-refractivity contribution < 1.29 is 29.1 Å². The first-order valence-electron chi connectivity index (χ1n) is 5.58. The molecule has 0 spiro atoms. The first-order valence-corrected chi connectivity index (χ1v) is 5.58. The number of carboxylic acids is 1. The third-order valence-electron chi connectivity index (χ3n) is 2.81. The molecule has 0 aromatic rings. The topological polar surface area (TPSA) is 112 Å². The minimum Gasteiger partial charge on any atom is -0.481 e. The van der Waals surface area contributed by atoms with Gasteiger partial charge in [-0.05, 0) is 6.42 Å². The van der Waals surface area contributed by atoms with E-state index >= 15 is 0 Å². The lowest BCUT2D eigenvalue weighted by atomic mass is 10.1. The van der Waals surface area contributed by atoms with E-state index in [2.05, 4.69) is 0 Å². The molecule has 8 nitrogen and oxygen atoms in total. The predicted molar refractivity (Wildman–Crippen MR) is 57.9 cm³/mol. The van der Waals surface area contributed by atoms with Gasteiger partial charge in [-0.3, -0.25) is 24.0 Å². The molecule has 0 aliphatic carbocycles. The summed E-state index contributed by atoms with van der Waals surface area (Å²) in [7, 11) is 0. The van der Waals surface area contributed by atoms with Crippen LogP contribution in [0.5, 0.6) is 0 Å². The molecule has 0 radical (unpaired) electrons. The minimum atomic E-state index is -1.10. The van der Waals surface area contributed by atoms with Crippen molar-refractivity contribution in [1.29, 1.82) is 0 Å². The second-order valence-electron chi connectivity index (χ2n) is 4.12. The maximum atomic E-state index is 11.9. The van der Waals surface area contributed by atoms with Gasteiger partial charge in [0.2, 0.25) is 11.8 Å². The normalized spacial score (nSPS) is 19.5. The Morgan fingerprint density at radius 3 is 2.21 bits per heavy atom. The smallest absolute Gasteiger partial charge is 0.303 e. The van der Waals surface area contributed by atoms with E-state index in [4.69, 9.17) is 5.11 Å². The monoisotopic (exact) mass is 266 g/mol. The number of carboxylic acid groups (broad SMARTS) is 1. The number of amides is 4. The fourth-order valence-corrected chi connectivity index (χ4v) is 1.91. The Morgan fingerprint density at radius 2 is 1.68 bits per heavy atom. The van der Waals surface area contributed by atoms with E-state index in [0.29, 0.717) is 10.0 Å². The molecule has 2 aliphatic rings. The predicted octanol–water partition coefficient (Wildman–Crippen LogP) is -0.790. The van der Waals surface area contributed by atoms with Crippen molar-refractivity contribution in [2.75, 3.05) is 0 Å². The van der Waals surface area contributed by atoms with E-state index in [0.717, 1.165) is 6.08 Å². The van der Waals surface area contributed by atoms with Crippen LogP contribution in [0.15, 0.2) is 11.6 Å². The standard InChI is InChI=1S/C11H10N2O6/c14-7-2-3-8(15)12(7)13-9(16)5-6(11(13)19)1-4-10(17)18/h5H,1-4H2,(H,17,18). The number of aliphatic carboxylic acids is 1. The van der Waals surface area contributed by atoms with Crippen LogP contribution in [0.3, 0.4) is 0 Å². The highest BCUT2D eigenvalue weighted by Crippen LogP contribution is 2.23. The van der Waals surface area contributed by atoms with Crippen molar-refractivity contribution in [2.45, 2.75) is 25.7 Å². The molecule has 19 heavy (non-hydrogen) atoms. The Bertz CT molecular complexity index is 519. The molecule has 0 saturated carbocycles. The molecule has 0 aromatic heterocycles. The van der Waals surface area contributed by atoms with Crippen LogP contribution in [0.25, 0.3) is 0 Å². The Labute approximate surface area is 107 Å². The zero-order valence-electron chi connectivity index (χ0n) is 9.79. The second-order valence-corrected chi connectivity index (χ2v) is 4.12. The van der Waals surface area contributed by atoms with Crippen molar-refractivity contribution in [3.05, 3.63) is 11.6 Å². The number of carbonyl (C=O) groups is 5. The first-order chi connectivity index (χ1) is 8.91. The van der Waals surface area contributed by atoms with Crippen LogP contribution in [0, 0.1) is 0 Å². The van der Waals surface area contributed by atoms with Gasteiger partial charge in [-0.1, -0.05) is 0 Å². The largest absolute Gasteiger partial charge is 0.481 e. The van der Waals surface area contributed by atoms with E-state index in [1.54, 1.807) is 0 Å². The average molecular weight is 266 g/mol. The highest BCUT2D eigenvalue weighted by atomic mass is 16.4. The lowest BCUT2D eigenvalue weighted by molar-refractivity contribution is -0.170. The molecule has 1 saturated heterocycles. The Kier molecular flexibility index (Phi) is 3.16. The number of imide groups is 2. The van der Waals surface area contributed by atoms with Crippen LogP contribution in [0.2, 0.25) is 0 Å². The summed E-state index contributed by atoms with van der Waals surface area (Å²) >= 11 is 0. The van der Waals surface area contributed by atoms with Crippen molar-refractivity contribution in [1.82, 2.24) is 10.0 Å². The van der Waals surface area contributed by atoms with Gasteiger partial charge in [-0.15, -0.1) is 0 Å². The van der Waals surface area contributed by atoms with Crippen LogP contribution < -0.4 is 0 Å². The van der Waals surface area contributed by atoms with Gasteiger partial charge in [0.05, 0.1) is 0 Å². The number of nitrogens with zero attached hydrogens (tertiary/aromatic N) is 2. The third-order valence-corrected chi connectivity index (χ3v) is 2.81. The maximum absolute atomic E-state index is 11.9. The summed E-state index contributed by atoms with van der Waals surface area (Å²) in [6.07, 6.45) is 0.456. The van der Waals surface area contributed by atoms with Gasteiger partial charge in [0.25, 0.3) is 11.8 Å². The van der Waals surface area contributed by atoms with E-state index in [1.165, 1.54) is 0 Å². The lowest BCUT2D eigenvalue weighted by Crippen LogP contribution is -2.49. The van der Waals surface area contributed by atoms with Crippen molar-refractivity contribution >= 4 is 29.6 Å². The minimum absolute atomic E-state index is 0.0140. The van der Waals surface area contributed by atoms with Gasteiger partial charge in [0, 0.05) is 30.9 Å². The van der Waals surface area contributed by atoms with Crippen LogP contribution >= 0.6 is 0 Å². The van der Waals surface area contributed by atoms with Crippen LogP contribution in [-0.2, 0) is 24.0 Å². The van der Waals surface area contributed by atoms with Gasteiger partial charge in [0.15, 0.2) is 0 Å². The molecule has 0 atom stereocenters. The summed E-state index contributed by atoms with van der Waals surface area (Å²) in [5, 5.41) is 9.55. The van der Waals surface area contributed by atoms with E-state index in [9.17, 15) is 24.0 Å². The fourth-order valence-electron chi connectivity index (χ4n) is 1.91. The van der Waals surface area contributed by atoms with E-state index in [1.807, 2.05) is 0 Å². The molecule has 1 N–H and O–H groups in total. The van der Waals surface area contributed by atoms with E-state index in [-0.39, 0.29) is 31.3 Å². The van der Waals surface area contributed by atoms with Gasteiger partial charge >= 0.3 is 5.97 Å². The van der Waals surface area contributed by atoms with Crippen LogP contribution in [0.1, 0.15) is 25.7 Å². The molecule has 2 heterocycles. The molecule has 0 aromatic carbocycles. The maximum Gasteiger partial charge on any atom is 0.303 e. The third kappa shape index (κ3) is 2.24. The molecule has 0 unspecified atom stereocenters. The zero-order valence-corrected chi connectivity index (χ0v) is 9.79. The molecule has 8 heteroatoms. The molecular weight excluding hydrogens is 256 g/mol. The molecule has 1 fully saturated rings. The molecule has 0 bridgehead atoms. The number of carbonyl (C=O) groups excluding carboxylic acids is 4. The summed E-state index contributed by atoms with van der Waals surface area (Å²) in [4.78, 5) is 56.9. The van der Waals surface area contributed by atoms with Crippen LogP contribution in [-0.4, -0.2) is 44.7 Å². The quantitative estimate of drug-likeness (QED) is 0.667. The first kappa shape index (κ1) is 12.9. The van der Waals surface area contributed by atoms with E-state index < -0.39 is 29.6 Å². The Balaban J connectivity index is 2.16. The lowest BCUT2D eigenvalue weighted by Gasteiger charge is -2.23. The highest BCUT2D eigenvalue weighted by Gasteiger charge is 2.43. The molecular formula is C11H10N2O6.